The molecule has 102 valence electrons. The van der Waals surface area contributed by atoms with Crippen molar-refractivity contribution >= 4 is 23.1 Å². The van der Waals surface area contributed by atoms with Gasteiger partial charge in [-0.1, -0.05) is 20.8 Å². The van der Waals surface area contributed by atoms with Gasteiger partial charge in [0.25, 0.3) is 0 Å². The zero-order chi connectivity index (χ0) is 13.0. The zero-order valence-corrected chi connectivity index (χ0v) is 13.0. The molecule has 1 atom stereocenters. The number of hydrogen-bond acceptors (Lipinski definition) is 5. The first-order valence-electron chi connectivity index (χ1n) is 6.62. The molecule has 3 nitrogen and oxygen atoms in total. The molecule has 2 heterocycles. The minimum Gasteiger partial charge on any atom is -0.369 e. The van der Waals surface area contributed by atoms with Crippen LogP contribution < -0.4 is 5.32 Å². The topological polar surface area (TPSA) is 34.1 Å². The van der Waals surface area contributed by atoms with Gasteiger partial charge in [-0.15, -0.1) is 11.3 Å². The normalized spacial score (nSPS) is 20.6. The van der Waals surface area contributed by atoms with Gasteiger partial charge in [-0.3, -0.25) is 0 Å². The van der Waals surface area contributed by atoms with Crippen molar-refractivity contribution in [2.75, 3.05) is 18.1 Å². The van der Waals surface area contributed by atoms with Gasteiger partial charge in [-0.05, 0) is 6.42 Å². The third-order valence-corrected chi connectivity index (χ3v) is 5.08. The van der Waals surface area contributed by atoms with Crippen LogP contribution in [0.5, 0.6) is 0 Å². The maximum atomic E-state index is 5.81. The second kappa shape index (κ2) is 6.89. The summed E-state index contributed by atoms with van der Waals surface area (Å²) in [6, 6.07) is 0.516. The molecule has 0 radical (unpaired) electrons. The number of rotatable bonds is 5. The minimum absolute atomic E-state index is 0.215. The molecule has 0 saturated carbocycles. The number of nitrogens with zero attached hydrogens (tertiary/aromatic N) is 1. The first kappa shape index (κ1) is 14.3. The van der Waals surface area contributed by atoms with Gasteiger partial charge in [-0.25, -0.2) is 4.98 Å². The lowest BCUT2D eigenvalue weighted by Crippen LogP contribution is -2.21. The highest BCUT2D eigenvalue weighted by atomic mass is 32.2. The van der Waals surface area contributed by atoms with Gasteiger partial charge in [0.1, 0.15) is 11.1 Å². The molecule has 1 N–H and O–H groups in total. The largest absolute Gasteiger partial charge is 0.369 e. The Morgan fingerprint density at radius 3 is 2.94 bits per heavy atom. The third-order valence-electron chi connectivity index (χ3n) is 2.89. The van der Waals surface area contributed by atoms with E-state index in [1.165, 1.54) is 15.6 Å². The molecule has 0 amide bonds. The standard InChI is InChI=1S/C13H22N2OS2/c1-4-10-12(7-14-9(2)3)18-13(15-10)11-8-17-6-5-16-11/h9,11,14H,4-8H2,1-3H3. The maximum Gasteiger partial charge on any atom is 0.123 e. The molecule has 1 aliphatic heterocycles. The average molecular weight is 286 g/mol. The quantitative estimate of drug-likeness (QED) is 0.902. The summed E-state index contributed by atoms with van der Waals surface area (Å²) in [5.74, 6) is 2.16. The summed E-state index contributed by atoms with van der Waals surface area (Å²) in [7, 11) is 0. The van der Waals surface area contributed by atoms with Crippen molar-refractivity contribution in [3.63, 3.8) is 0 Å². The molecule has 0 bridgehead atoms. The van der Waals surface area contributed by atoms with E-state index in [0.29, 0.717) is 6.04 Å². The van der Waals surface area contributed by atoms with Crippen LogP contribution in [0, 0.1) is 0 Å². The van der Waals surface area contributed by atoms with Crippen LogP contribution in [0.2, 0.25) is 0 Å². The van der Waals surface area contributed by atoms with Crippen LogP contribution in [0.1, 0.15) is 42.5 Å². The van der Waals surface area contributed by atoms with Crippen LogP contribution in [0.4, 0.5) is 0 Å². The van der Waals surface area contributed by atoms with E-state index in [4.69, 9.17) is 9.72 Å². The number of thiazole rings is 1. The van der Waals surface area contributed by atoms with E-state index in [1.54, 1.807) is 0 Å². The van der Waals surface area contributed by atoms with E-state index in [9.17, 15) is 0 Å². The van der Waals surface area contributed by atoms with Crippen LogP contribution in [0.15, 0.2) is 0 Å². The van der Waals surface area contributed by atoms with Crippen LogP contribution in [-0.4, -0.2) is 29.1 Å². The molecule has 1 aliphatic rings. The Morgan fingerprint density at radius 2 is 2.33 bits per heavy atom. The molecule has 1 aromatic rings. The Labute approximate surface area is 118 Å². The molecule has 1 aromatic heterocycles. The van der Waals surface area contributed by atoms with Crippen LogP contribution in [0.25, 0.3) is 0 Å². The number of nitrogens with one attached hydrogen (secondary N) is 1. The van der Waals surface area contributed by atoms with Gasteiger partial charge in [0.15, 0.2) is 0 Å². The highest BCUT2D eigenvalue weighted by Crippen LogP contribution is 2.31. The van der Waals surface area contributed by atoms with Gasteiger partial charge >= 0.3 is 0 Å². The predicted molar refractivity (Wildman–Crippen MR) is 79.5 cm³/mol. The van der Waals surface area contributed by atoms with Crippen molar-refractivity contribution in [3.05, 3.63) is 15.6 Å². The van der Waals surface area contributed by atoms with Crippen molar-refractivity contribution in [2.45, 2.75) is 45.9 Å². The third kappa shape index (κ3) is 3.70. The predicted octanol–water partition coefficient (Wildman–Crippen LogP) is 3.01. The highest BCUT2D eigenvalue weighted by molar-refractivity contribution is 7.99. The van der Waals surface area contributed by atoms with E-state index in [2.05, 4.69) is 26.1 Å². The number of thioether (sulfide) groups is 1. The van der Waals surface area contributed by atoms with Crippen LogP contribution >= 0.6 is 23.1 Å². The summed E-state index contributed by atoms with van der Waals surface area (Å²) in [6.07, 6.45) is 1.22. The zero-order valence-electron chi connectivity index (χ0n) is 11.4. The van der Waals surface area contributed by atoms with E-state index >= 15 is 0 Å². The minimum atomic E-state index is 0.215. The number of aryl methyl sites for hydroxylation is 1. The molecule has 1 saturated heterocycles. The van der Waals surface area contributed by atoms with Crippen molar-refractivity contribution < 1.29 is 4.74 Å². The average Bonchev–Trinajstić information content (AvgIpc) is 2.80. The Hall–Kier alpha value is -0.100. The van der Waals surface area contributed by atoms with Gasteiger partial charge in [0.05, 0.1) is 12.3 Å². The second-order valence-electron chi connectivity index (χ2n) is 4.75. The summed E-state index contributed by atoms with van der Waals surface area (Å²) >= 11 is 3.79. The van der Waals surface area contributed by atoms with Crippen molar-refractivity contribution in [1.29, 1.82) is 0 Å². The van der Waals surface area contributed by atoms with E-state index in [-0.39, 0.29) is 6.10 Å². The lowest BCUT2D eigenvalue weighted by molar-refractivity contribution is 0.0754. The Balaban J connectivity index is 2.07. The second-order valence-corrected chi connectivity index (χ2v) is 7.01. The Bertz CT molecular complexity index is 373. The van der Waals surface area contributed by atoms with Crippen molar-refractivity contribution in [2.24, 2.45) is 0 Å². The van der Waals surface area contributed by atoms with E-state index in [1.807, 2.05) is 23.1 Å². The monoisotopic (exact) mass is 286 g/mol. The smallest absolute Gasteiger partial charge is 0.123 e. The van der Waals surface area contributed by atoms with Crippen LogP contribution in [0.3, 0.4) is 0 Å². The molecule has 5 heteroatoms. The Kier molecular flexibility index (Phi) is 5.48. The molecule has 1 fully saturated rings. The van der Waals surface area contributed by atoms with Gasteiger partial charge in [0, 0.05) is 29.0 Å². The first-order chi connectivity index (χ1) is 8.70. The first-order valence-corrected chi connectivity index (χ1v) is 8.59. The highest BCUT2D eigenvalue weighted by Gasteiger charge is 2.21. The summed E-state index contributed by atoms with van der Waals surface area (Å²) in [5.41, 5.74) is 1.24. The molecule has 0 aliphatic carbocycles. The molecule has 0 spiro atoms. The SMILES string of the molecule is CCc1nc(C2CSCCO2)sc1CNC(C)C. The summed E-state index contributed by atoms with van der Waals surface area (Å²) in [6.45, 7) is 8.31. The molecule has 1 unspecified atom stereocenters. The fourth-order valence-electron chi connectivity index (χ4n) is 1.88. The van der Waals surface area contributed by atoms with Gasteiger partial charge in [0.2, 0.25) is 0 Å². The fourth-order valence-corrected chi connectivity index (χ4v) is 3.99. The molecule has 2 rings (SSSR count). The van der Waals surface area contributed by atoms with E-state index < -0.39 is 0 Å². The number of aromatic nitrogens is 1. The number of ether oxygens (including phenoxy) is 1. The lowest BCUT2D eigenvalue weighted by atomic mass is 10.3. The summed E-state index contributed by atoms with van der Waals surface area (Å²) in [4.78, 5) is 6.15. The summed E-state index contributed by atoms with van der Waals surface area (Å²) in [5, 5.41) is 4.64. The van der Waals surface area contributed by atoms with Crippen LogP contribution in [-0.2, 0) is 17.7 Å². The fraction of sp³-hybridized carbons (Fsp3) is 0.769. The van der Waals surface area contributed by atoms with Crippen molar-refractivity contribution in [1.82, 2.24) is 10.3 Å². The molecule has 18 heavy (non-hydrogen) atoms. The maximum absolute atomic E-state index is 5.81. The number of hydrogen-bond donors (Lipinski definition) is 1. The van der Waals surface area contributed by atoms with Gasteiger partial charge < -0.3 is 10.1 Å². The molecule has 0 aromatic carbocycles. The van der Waals surface area contributed by atoms with E-state index in [0.717, 1.165) is 31.1 Å². The summed E-state index contributed by atoms with van der Waals surface area (Å²) < 4.78 is 5.81. The van der Waals surface area contributed by atoms with Crippen molar-refractivity contribution in [3.8, 4) is 0 Å². The van der Waals surface area contributed by atoms with Gasteiger partial charge in [-0.2, -0.15) is 11.8 Å². The molecular formula is C13H22N2OS2. The lowest BCUT2D eigenvalue weighted by Gasteiger charge is -2.19. The molecular weight excluding hydrogens is 264 g/mol. The Morgan fingerprint density at radius 1 is 1.50 bits per heavy atom.